The molecule has 0 fully saturated rings. The van der Waals surface area contributed by atoms with E-state index in [4.69, 9.17) is 37.9 Å². The van der Waals surface area contributed by atoms with E-state index in [9.17, 15) is 0 Å². The molecule has 0 aliphatic carbocycles. The fraction of sp³-hybridized carbons (Fsp3) is 0.415. The van der Waals surface area contributed by atoms with Crippen molar-refractivity contribution < 1.29 is 37.9 Å². The summed E-state index contributed by atoms with van der Waals surface area (Å²) in [6, 6.07) is 64.0. The molecule has 19 heteroatoms. The Morgan fingerprint density at radius 3 is 1.30 bits per heavy atom. The third-order valence-corrected chi connectivity index (χ3v) is 26.8. The van der Waals surface area contributed by atoms with E-state index in [1.54, 1.807) is 18.1 Å². The van der Waals surface area contributed by atoms with Crippen molar-refractivity contribution in [2.24, 2.45) is 7.05 Å². The van der Waals surface area contributed by atoms with Crippen LogP contribution in [0.25, 0.3) is 22.1 Å². The number of thioether (sulfide) groups is 1. The van der Waals surface area contributed by atoms with E-state index in [0.29, 0.717) is 31.8 Å². The van der Waals surface area contributed by atoms with Crippen LogP contribution in [0.15, 0.2) is 261 Å². The summed E-state index contributed by atoms with van der Waals surface area (Å²) in [4.78, 5) is 21.3. The predicted octanol–water partition coefficient (Wildman–Crippen LogP) is 31.7. The van der Waals surface area contributed by atoms with E-state index in [1.807, 2.05) is 54.2 Å². The molecule has 0 saturated carbocycles. The van der Waals surface area contributed by atoms with Crippen molar-refractivity contribution in [2.45, 2.75) is 280 Å². The molecule has 3 N–H and O–H groups in total. The van der Waals surface area contributed by atoms with E-state index in [-0.39, 0.29) is 54.1 Å². The number of anilines is 6. The van der Waals surface area contributed by atoms with Crippen LogP contribution in [0.5, 0.6) is 46.0 Å². The van der Waals surface area contributed by atoms with Crippen molar-refractivity contribution in [3.63, 3.8) is 0 Å². The summed E-state index contributed by atoms with van der Waals surface area (Å²) >= 11 is 1.72. The zero-order valence-corrected chi connectivity index (χ0v) is 92.9. The zero-order valence-electron chi connectivity index (χ0n) is 92.1. The minimum Gasteiger partial charge on any atom is -0.493 e. The highest BCUT2D eigenvalue weighted by atomic mass is 32.2. The number of benzene rings is 10. The molecular formula is C123H162N10O8S. The highest BCUT2D eigenvalue weighted by molar-refractivity contribution is 8.03. The minimum absolute atomic E-state index is 0.152. The van der Waals surface area contributed by atoms with E-state index < -0.39 is 0 Å². The van der Waals surface area contributed by atoms with Gasteiger partial charge in [-0.15, -0.1) is 0 Å². The Bertz CT molecular complexity index is 6390. The molecule has 0 saturated heterocycles. The number of hydrogen-bond acceptors (Lipinski definition) is 17. The Labute approximate surface area is 854 Å². The first kappa shape index (κ1) is 110. The van der Waals surface area contributed by atoms with Crippen LogP contribution in [-0.2, 0) is 67.6 Å². The number of imidazole rings is 2. The van der Waals surface area contributed by atoms with Gasteiger partial charge in [-0.1, -0.05) is 299 Å². The van der Waals surface area contributed by atoms with Gasteiger partial charge in [0.1, 0.15) is 24.8 Å². The van der Waals surface area contributed by atoms with Crippen LogP contribution in [0.2, 0.25) is 0 Å². The van der Waals surface area contributed by atoms with Gasteiger partial charge in [-0.3, -0.25) is 0 Å². The lowest BCUT2D eigenvalue weighted by Crippen LogP contribution is -2.20. The van der Waals surface area contributed by atoms with Gasteiger partial charge in [0.05, 0.1) is 80.5 Å². The summed E-state index contributed by atoms with van der Waals surface area (Å²) in [6.07, 6.45) is 4.66. The fourth-order valence-corrected chi connectivity index (χ4v) is 17.0. The van der Waals surface area contributed by atoms with Crippen molar-refractivity contribution in [1.29, 1.82) is 0 Å². The SMILES string of the molecule is C=C1N(C)c2ccc(C(C)(C)C)cc2N1C.C=C1Nc2ccc(C(C)(C)C)cc2O1.C=C1Nc2ccc(C(C)(C)C)cc2S1.C=C1Oc2cc(C(C)(C)C)ccc2N1CC.C=C1Oc2ccc(C(C)(C)C)cc2N1C.CC(C)(C)c1ccc2c(c1)OCC2.CC(C)(C)c1ccc2c(c1)OCCO2.CC(C)(C)c1ccc2c(c1)OCO2.CC(C)(C)c1ccc2nc[nH]c2c1.Cn1cnc2cc(C(C)(C)C)ccc21. The first-order valence-electron chi connectivity index (χ1n) is 49.7. The minimum atomic E-state index is 0.152. The summed E-state index contributed by atoms with van der Waals surface area (Å²) in [5.41, 5.74) is 27.7. The molecule has 0 bridgehead atoms. The Morgan fingerprint density at radius 2 is 0.739 bits per heavy atom. The topological polar surface area (TPSA) is 157 Å². The van der Waals surface area contributed by atoms with Gasteiger partial charge >= 0.3 is 0 Å². The molecule has 18 nitrogen and oxygen atoms in total. The summed E-state index contributed by atoms with van der Waals surface area (Å²) in [5.74, 6) is 10.3. The number of H-pyrrole nitrogens is 1. The number of aromatic amines is 1. The van der Waals surface area contributed by atoms with Gasteiger partial charge in [-0.05, 0) is 257 Å². The molecule has 0 amide bonds. The number of rotatable bonds is 1. The second-order valence-electron chi connectivity index (χ2n) is 47.7. The second-order valence-corrected chi connectivity index (χ2v) is 48.8. The van der Waals surface area contributed by atoms with Crippen LogP contribution in [0.1, 0.15) is 276 Å². The Kier molecular flexibility index (Phi) is 33.5. The monoisotopic (exact) mass is 1940 g/mol. The average Bonchev–Trinajstić information content (AvgIpc) is 1.62. The number of ether oxygens (including phenoxy) is 8. The van der Waals surface area contributed by atoms with Gasteiger partial charge < -0.3 is 77.7 Å². The van der Waals surface area contributed by atoms with Crippen LogP contribution >= 0.6 is 11.8 Å². The number of nitrogens with one attached hydrogen (secondary N) is 3. The van der Waals surface area contributed by atoms with E-state index in [0.717, 1.165) is 116 Å². The van der Waals surface area contributed by atoms with Gasteiger partial charge in [0.2, 0.25) is 6.79 Å². The first-order chi connectivity index (χ1) is 65.8. The smallest absolute Gasteiger partial charge is 0.231 e. The molecule has 0 unspecified atom stereocenters. The lowest BCUT2D eigenvalue weighted by Gasteiger charge is -2.23. The van der Waals surface area contributed by atoms with E-state index >= 15 is 0 Å². The van der Waals surface area contributed by atoms with Crippen LogP contribution in [0.4, 0.5) is 34.1 Å². The Hall–Kier alpha value is -12.6. The standard InChI is InChI=1S/C14H20N2.C14H19NO.C13H17NO.C12H16N2.C12H15NO.C12H15NS.C12H16O2.C12H16O.C11H14N2.C11H14O2/c1-10-15(5)12-8-7-11(14(2,3)4)9-13(12)16(10)6;1-6-15-10(2)16-13-9-11(14(3,4)5)7-8-12(13)15;1-9-14(5)11-8-10(13(2,3)4)6-7-12(11)15-9;1-12(2,3)9-5-6-11-10(7-9)13-8-14(11)4;2*1-8-13-10-6-5-9(12(2,3)4)7-11(10)14-8;1-12(2,3)9-4-5-10-11(8-9)14-7-6-13-10;1-12(2,3)10-5-4-9-6-7-13-11(9)8-10;2*1-11(2,3)8-4-5-9-10(6-8)13-7-12-9/h7-9H,1H2,2-6H3;7-9H,2,6H2,1,3-5H3;6-8H,1H2,2-5H3;5-8H,1-4H3;2*5-7,13H,1H2,2-4H3;4-5,8H,6-7H2,1-3H3;4-5,8H,6-7H2,1-3H3;4-7H,1-3H3,(H,12,13);4-6H,7H2,1-3H3. The van der Waals surface area contributed by atoms with Gasteiger partial charge in [0.15, 0.2) is 57.9 Å². The van der Waals surface area contributed by atoms with E-state index in [1.165, 1.54) is 88.7 Å². The average molecular weight is 1940 g/mol. The zero-order chi connectivity index (χ0) is 105. The first-order valence-corrected chi connectivity index (χ1v) is 50.5. The van der Waals surface area contributed by atoms with Crippen LogP contribution < -0.4 is 68.1 Å². The molecule has 8 aliphatic rings. The molecular weight excluding hydrogens is 1780 g/mol. The lowest BCUT2D eigenvalue weighted by atomic mass is 9.86. The third kappa shape index (κ3) is 28.0. The maximum absolute atomic E-state index is 5.68. The molecule has 0 spiro atoms. The van der Waals surface area contributed by atoms with Crippen molar-refractivity contribution in [1.82, 2.24) is 19.5 Å². The number of aromatic nitrogens is 4. The largest absolute Gasteiger partial charge is 0.493 e. The molecule has 758 valence electrons. The van der Waals surface area contributed by atoms with Crippen LogP contribution in [0, 0.1) is 0 Å². The normalized spacial score (nSPS) is 14.6. The molecule has 0 atom stereocenters. The summed E-state index contributed by atoms with van der Waals surface area (Å²) in [5, 5.41) is 7.32. The maximum atomic E-state index is 5.68. The highest BCUT2D eigenvalue weighted by Crippen LogP contribution is 2.48. The second kappa shape index (κ2) is 43.3. The molecule has 20 rings (SSSR count). The quantitative estimate of drug-likeness (QED) is 0.142. The lowest BCUT2D eigenvalue weighted by molar-refractivity contribution is 0.171. The van der Waals surface area contributed by atoms with Gasteiger partial charge in [-0.25, -0.2) is 9.97 Å². The molecule has 8 aliphatic heterocycles. The van der Waals surface area contributed by atoms with Gasteiger partial charge in [0, 0.05) is 46.1 Å². The summed E-state index contributed by atoms with van der Waals surface area (Å²) < 4.78 is 45.8. The number of aryl methyl sites for hydroxylation is 1. The van der Waals surface area contributed by atoms with Crippen molar-refractivity contribution in [3.05, 3.63) is 317 Å². The predicted molar refractivity (Wildman–Crippen MR) is 601 cm³/mol. The number of nitrogens with zero attached hydrogens (tertiary/aromatic N) is 7. The molecule has 142 heavy (non-hydrogen) atoms. The number of fused-ring (bicyclic) bond motifs is 10. The van der Waals surface area contributed by atoms with Gasteiger partial charge in [0.25, 0.3) is 0 Å². The van der Waals surface area contributed by atoms with Gasteiger partial charge in [-0.2, -0.15) is 0 Å². The Morgan fingerprint density at radius 1 is 0.331 bits per heavy atom. The van der Waals surface area contributed by atoms with Crippen molar-refractivity contribution >= 4 is 68.0 Å². The van der Waals surface area contributed by atoms with Crippen molar-refractivity contribution in [2.75, 3.05) is 84.5 Å². The molecule has 0 radical (unpaired) electrons. The molecule has 10 heterocycles. The highest BCUT2D eigenvalue weighted by Gasteiger charge is 2.32. The maximum Gasteiger partial charge on any atom is 0.231 e. The summed E-state index contributed by atoms with van der Waals surface area (Å²) in [7, 11) is 8.12. The number of hydrogen-bond donors (Lipinski definition) is 3. The molecule has 10 aromatic carbocycles. The third-order valence-electron chi connectivity index (χ3n) is 25.9. The summed E-state index contributed by atoms with van der Waals surface area (Å²) in [6.45, 7) is 91.3. The molecule has 2 aromatic heterocycles. The van der Waals surface area contributed by atoms with E-state index in [2.05, 4.69) is 460 Å². The van der Waals surface area contributed by atoms with Crippen molar-refractivity contribution in [3.8, 4) is 46.0 Å². The van der Waals surface area contributed by atoms with Crippen LogP contribution in [-0.4, -0.2) is 73.8 Å². The fourth-order valence-electron chi connectivity index (χ4n) is 16.1. The molecule has 12 aromatic rings. The Balaban J connectivity index is 0.000000151. The van der Waals surface area contributed by atoms with Crippen LogP contribution in [0.3, 0.4) is 0 Å².